The number of ether oxygens (including phenoxy) is 1. The average Bonchev–Trinajstić information content (AvgIpc) is 3.03. The molecule has 0 bridgehead atoms. The number of aromatic nitrogens is 2. The van der Waals surface area contributed by atoms with Gasteiger partial charge in [-0.1, -0.05) is 36.4 Å². The normalized spacial score (nSPS) is 10.7. The highest BCUT2D eigenvalue weighted by atomic mass is 16.5. The molecule has 4 heteroatoms. The molecule has 0 aliphatic carbocycles. The first kappa shape index (κ1) is 15.3. The van der Waals surface area contributed by atoms with Crippen molar-refractivity contribution in [2.45, 2.75) is 20.1 Å². The Bertz CT molecular complexity index is 791. The van der Waals surface area contributed by atoms with Gasteiger partial charge in [-0.05, 0) is 29.7 Å². The molecule has 0 saturated carbocycles. The van der Waals surface area contributed by atoms with E-state index in [2.05, 4.69) is 48.4 Å². The molecule has 1 aromatic heterocycles. The summed E-state index contributed by atoms with van der Waals surface area (Å²) in [6.07, 6.45) is 3.54. The summed E-state index contributed by atoms with van der Waals surface area (Å²) < 4.78 is 7.31. The maximum atomic E-state index is 9.08. The highest BCUT2D eigenvalue weighted by Crippen LogP contribution is 2.30. The lowest BCUT2D eigenvalue weighted by Crippen LogP contribution is -1.99. The van der Waals surface area contributed by atoms with E-state index < -0.39 is 0 Å². The van der Waals surface area contributed by atoms with Crippen LogP contribution in [0.4, 0.5) is 0 Å². The topological polar surface area (TPSA) is 47.3 Å². The molecule has 2 aromatic carbocycles. The summed E-state index contributed by atoms with van der Waals surface area (Å²) in [4.78, 5) is 0. The van der Waals surface area contributed by atoms with Crippen LogP contribution in [0, 0.1) is 6.92 Å². The molecular formula is C19H20N2O2. The van der Waals surface area contributed by atoms with Gasteiger partial charge in [-0.15, -0.1) is 0 Å². The first-order valence-electron chi connectivity index (χ1n) is 7.56. The molecule has 0 aliphatic rings. The summed E-state index contributed by atoms with van der Waals surface area (Å²) in [7, 11) is 1.70. The molecule has 0 aliphatic heterocycles. The second-order valence-electron chi connectivity index (χ2n) is 5.60. The summed E-state index contributed by atoms with van der Waals surface area (Å²) in [5.74, 6) is 0.886. The van der Waals surface area contributed by atoms with Crippen LogP contribution in [0.2, 0.25) is 0 Å². The fourth-order valence-electron chi connectivity index (χ4n) is 2.59. The van der Waals surface area contributed by atoms with Crippen LogP contribution in [0.3, 0.4) is 0 Å². The number of benzene rings is 2. The second-order valence-corrected chi connectivity index (χ2v) is 5.60. The molecule has 23 heavy (non-hydrogen) atoms. The minimum atomic E-state index is 0.0200. The number of aliphatic hydroxyl groups is 1. The molecule has 1 heterocycles. The maximum absolute atomic E-state index is 9.08. The zero-order valence-corrected chi connectivity index (χ0v) is 13.4. The molecule has 1 N–H and O–H groups in total. The molecule has 0 spiro atoms. The SMILES string of the molecule is COc1cc(C)ccc1-c1ccc(Cn2cc(CO)cn2)cc1. The standard InChI is InChI=1S/C19H20N2O2/c1-14-3-8-18(19(9-14)23-2)17-6-4-15(5-7-17)11-21-12-16(13-22)10-20-21/h3-10,12,22H,11,13H2,1-2H3. The fourth-order valence-corrected chi connectivity index (χ4v) is 2.59. The van der Waals surface area contributed by atoms with Gasteiger partial charge in [0, 0.05) is 17.3 Å². The molecule has 3 aromatic rings. The van der Waals surface area contributed by atoms with Gasteiger partial charge in [-0.2, -0.15) is 5.10 Å². The average molecular weight is 308 g/mol. The van der Waals surface area contributed by atoms with Crippen LogP contribution in [-0.4, -0.2) is 22.0 Å². The Morgan fingerprint density at radius 3 is 2.52 bits per heavy atom. The van der Waals surface area contributed by atoms with Crippen molar-refractivity contribution in [2.24, 2.45) is 0 Å². The molecule has 4 nitrogen and oxygen atoms in total. The zero-order valence-electron chi connectivity index (χ0n) is 13.4. The lowest BCUT2D eigenvalue weighted by atomic mass is 10.0. The number of nitrogens with zero attached hydrogens (tertiary/aromatic N) is 2. The predicted octanol–water partition coefficient (Wildman–Crippen LogP) is 3.41. The van der Waals surface area contributed by atoms with Crippen LogP contribution >= 0.6 is 0 Å². The van der Waals surface area contributed by atoms with E-state index in [1.165, 1.54) is 5.56 Å². The van der Waals surface area contributed by atoms with Crippen molar-refractivity contribution in [1.29, 1.82) is 0 Å². The molecule has 0 atom stereocenters. The zero-order chi connectivity index (χ0) is 16.2. The van der Waals surface area contributed by atoms with Gasteiger partial charge in [0.2, 0.25) is 0 Å². The summed E-state index contributed by atoms with van der Waals surface area (Å²) in [5, 5.41) is 13.3. The van der Waals surface area contributed by atoms with Gasteiger partial charge in [-0.25, -0.2) is 0 Å². The van der Waals surface area contributed by atoms with E-state index in [0.29, 0.717) is 6.54 Å². The minimum absolute atomic E-state index is 0.0200. The molecule has 3 rings (SSSR count). The van der Waals surface area contributed by atoms with E-state index in [4.69, 9.17) is 9.84 Å². The molecule has 0 unspecified atom stereocenters. The number of rotatable bonds is 5. The summed E-state index contributed by atoms with van der Waals surface area (Å²) in [5.41, 5.74) is 5.38. The van der Waals surface area contributed by atoms with Crippen molar-refractivity contribution in [1.82, 2.24) is 9.78 Å². The molecule has 0 radical (unpaired) electrons. The van der Waals surface area contributed by atoms with Crippen LogP contribution in [0.1, 0.15) is 16.7 Å². The van der Waals surface area contributed by atoms with E-state index in [1.54, 1.807) is 13.3 Å². The van der Waals surface area contributed by atoms with Crippen LogP contribution in [0.15, 0.2) is 54.9 Å². The van der Waals surface area contributed by atoms with Gasteiger partial charge < -0.3 is 9.84 Å². The van der Waals surface area contributed by atoms with Gasteiger partial charge >= 0.3 is 0 Å². The van der Waals surface area contributed by atoms with Gasteiger partial charge in [0.15, 0.2) is 0 Å². The number of hydrogen-bond donors (Lipinski definition) is 1. The minimum Gasteiger partial charge on any atom is -0.496 e. The van der Waals surface area contributed by atoms with Gasteiger partial charge in [0.1, 0.15) is 5.75 Å². The largest absolute Gasteiger partial charge is 0.496 e. The molecule has 0 amide bonds. The maximum Gasteiger partial charge on any atom is 0.126 e. The number of aryl methyl sites for hydroxylation is 1. The Kier molecular flexibility index (Phi) is 4.44. The predicted molar refractivity (Wildman–Crippen MR) is 90.4 cm³/mol. The van der Waals surface area contributed by atoms with Crippen molar-refractivity contribution in [3.8, 4) is 16.9 Å². The van der Waals surface area contributed by atoms with Crippen molar-refractivity contribution < 1.29 is 9.84 Å². The van der Waals surface area contributed by atoms with Gasteiger partial charge in [0.25, 0.3) is 0 Å². The van der Waals surface area contributed by atoms with Crippen molar-refractivity contribution in [2.75, 3.05) is 7.11 Å². The molecule has 0 saturated heterocycles. The first-order valence-corrected chi connectivity index (χ1v) is 7.56. The van der Waals surface area contributed by atoms with Crippen LogP contribution in [0.5, 0.6) is 5.75 Å². The van der Waals surface area contributed by atoms with Crippen molar-refractivity contribution in [3.05, 3.63) is 71.5 Å². The van der Waals surface area contributed by atoms with E-state index >= 15 is 0 Å². The Morgan fingerprint density at radius 2 is 1.87 bits per heavy atom. The Balaban J connectivity index is 1.82. The highest BCUT2D eigenvalue weighted by Gasteiger charge is 2.06. The molecule has 0 fully saturated rings. The number of hydrogen-bond acceptors (Lipinski definition) is 3. The van der Waals surface area contributed by atoms with E-state index in [1.807, 2.05) is 16.9 Å². The fraction of sp³-hybridized carbons (Fsp3) is 0.211. The summed E-state index contributed by atoms with van der Waals surface area (Å²) in [6.45, 7) is 2.76. The summed E-state index contributed by atoms with van der Waals surface area (Å²) >= 11 is 0. The van der Waals surface area contributed by atoms with Gasteiger partial charge in [0.05, 0.1) is 26.5 Å². The monoisotopic (exact) mass is 308 g/mol. The Morgan fingerprint density at radius 1 is 1.09 bits per heavy atom. The lowest BCUT2D eigenvalue weighted by molar-refractivity contribution is 0.281. The Labute approximate surface area is 136 Å². The molecule has 118 valence electrons. The van der Waals surface area contributed by atoms with E-state index in [-0.39, 0.29) is 6.61 Å². The second kappa shape index (κ2) is 6.67. The van der Waals surface area contributed by atoms with Crippen molar-refractivity contribution in [3.63, 3.8) is 0 Å². The molecular weight excluding hydrogens is 288 g/mol. The van der Waals surface area contributed by atoms with Gasteiger partial charge in [-0.3, -0.25) is 4.68 Å². The van der Waals surface area contributed by atoms with Crippen LogP contribution in [0.25, 0.3) is 11.1 Å². The number of aliphatic hydroxyl groups excluding tert-OH is 1. The van der Waals surface area contributed by atoms with Crippen molar-refractivity contribution >= 4 is 0 Å². The van der Waals surface area contributed by atoms with Crippen LogP contribution < -0.4 is 4.74 Å². The highest BCUT2D eigenvalue weighted by molar-refractivity contribution is 5.71. The Hall–Kier alpha value is -2.59. The quantitative estimate of drug-likeness (QED) is 0.786. The van der Waals surface area contributed by atoms with Crippen LogP contribution in [-0.2, 0) is 13.2 Å². The summed E-state index contributed by atoms with van der Waals surface area (Å²) in [6, 6.07) is 14.6. The van der Waals surface area contributed by atoms with E-state index in [0.717, 1.165) is 28.0 Å². The van der Waals surface area contributed by atoms with E-state index in [9.17, 15) is 0 Å². The third kappa shape index (κ3) is 3.43. The lowest BCUT2D eigenvalue weighted by Gasteiger charge is -2.10. The first-order chi connectivity index (χ1) is 11.2. The number of methoxy groups -OCH3 is 1. The third-order valence-corrected chi connectivity index (χ3v) is 3.84. The third-order valence-electron chi connectivity index (χ3n) is 3.84. The smallest absolute Gasteiger partial charge is 0.126 e.